The summed E-state index contributed by atoms with van der Waals surface area (Å²) in [5.41, 5.74) is 5.82. The molecule has 0 aliphatic rings. The molecule has 10 nitrogen and oxygen atoms in total. The summed E-state index contributed by atoms with van der Waals surface area (Å²) in [6, 6.07) is 13.3. The smallest absolute Gasteiger partial charge is 0.475 e. The standard InChI is InChI=1S/C23H21N7O.C2HF3O2/c1-13-7-9-16(10-8-13)18-19(29-17-6-4-5-14(2)30(17)23(18)31)15(3)28-22-20-21(25-11-24-20)26-12-27-22;3-2(4,5)1(6)7/h4-12,15H,1-3H3,(H2,24,25,26,27,28);(H,6,7). The Bertz CT molecular complexity index is 1680. The first-order valence-electron chi connectivity index (χ1n) is 11.3. The summed E-state index contributed by atoms with van der Waals surface area (Å²) in [6.45, 7) is 5.90. The number of pyridine rings is 1. The molecule has 0 fully saturated rings. The van der Waals surface area contributed by atoms with Gasteiger partial charge in [-0.25, -0.2) is 24.7 Å². The van der Waals surface area contributed by atoms with Crippen LogP contribution in [0, 0.1) is 13.8 Å². The third-order valence-corrected chi connectivity index (χ3v) is 5.64. The van der Waals surface area contributed by atoms with Gasteiger partial charge in [0.05, 0.1) is 23.6 Å². The van der Waals surface area contributed by atoms with Gasteiger partial charge >= 0.3 is 12.1 Å². The molecule has 0 radical (unpaired) electrons. The van der Waals surface area contributed by atoms with Gasteiger partial charge in [-0.15, -0.1) is 0 Å². The average molecular weight is 525 g/mol. The number of aliphatic carboxylic acids is 1. The number of hydrogen-bond acceptors (Lipinski definition) is 7. The van der Waals surface area contributed by atoms with E-state index in [1.807, 2.05) is 63.2 Å². The number of carboxylic acid groups (broad SMARTS) is 1. The van der Waals surface area contributed by atoms with Crippen LogP contribution in [-0.4, -0.2) is 46.6 Å². The number of H-pyrrole nitrogens is 1. The highest BCUT2D eigenvalue weighted by Gasteiger charge is 2.38. The Kier molecular flexibility index (Phi) is 7.10. The van der Waals surface area contributed by atoms with Crippen molar-refractivity contribution in [2.24, 2.45) is 0 Å². The van der Waals surface area contributed by atoms with Crippen LogP contribution in [0.3, 0.4) is 0 Å². The van der Waals surface area contributed by atoms with Gasteiger partial charge in [-0.2, -0.15) is 13.2 Å². The summed E-state index contributed by atoms with van der Waals surface area (Å²) in [5.74, 6) is -2.17. The molecule has 1 aromatic carbocycles. The van der Waals surface area contributed by atoms with E-state index in [9.17, 15) is 18.0 Å². The molecule has 0 bridgehead atoms. The fourth-order valence-electron chi connectivity index (χ4n) is 3.80. The fourth-order valence-corrected chi connectivity index (χ4v) is 3.80. The van der Waals surface area contributed by atoms with E-state index in [2.05, 4.69) is 25.3 Å². The first-order chi connectivity index (χ1) is 18.0. The summed E-state index contributed by atoms with van der Waals surface area (Å²) < 4.78 is 33.4. The van der Waals surface area contributed by atoms with Crippen LogP contribution in [0.25, 0.3) is 27.9 Å². The summed E-state index contributed by atoms with van der Waals surface area (Å²) in [5, 5.41) is 10.5. The van der Waals surface area contributed by atoms with Crippen molar-refractivity contribution < 1.29 is 23.1 Å². The van der Waals surface area contributed by atoms with Crippen molar-refractivity contribution in [3.05, 3.63) is 82.4 Å². The van der Waals surface area contributed by atoms with E-state index in [0.717, 1.165) is 16.8 Å². The maximum Gasteiger partial charge on any atom is 0.490 e. The van der Waals surface area contributed by atoms with Crippen molar-refractivity contribution >= 4 is 28.6 Å². The number of nitrogens with one attached hydrogen (secondary N) is 2. The minimum absolute atomic E-state index is 0.0943. The zero-order valence-corrected chi connectivity index (χ0v) is 20.4. The van der Waals surface area contributed by atoms with Crippen LogP contribution < -0.4 is 10.9 Å². The van der Waals surface area contributed by atoms with Crippen molar-refractivity contribution in [2.45, 2.75) is 33.0 Å². The van der Waals surface area contributed by atoms with E-state index in [1.54, 1.807) is 10.7 Å². The number of aromatic amines is 1. The number of carbonyl (C=O) groups is 1. The predicted octanol–water partition coefficient (Wildman–Crippen LogP) is 4.45. The molecule has 0 amide bonds. The van der Waals surface area contributed by atoms with E-state index >= 15 is 0 Å². The number of aromatic nitrogens is 6. The number of halogens is 3. The van der Waals surface area contributed by atoms with Gasteiger partial charge in [0.1, 0.15) is 17.5 Å². The second-order valence-electron chi connectivity index (χ2n) is 8.39. The van der Waals surface area contributed by atoms with Gasteiger partial charge in [0.25, 0.3) is 5.56 Å². The van der Waals surface area contributed by atoms with Crippen molar-refractivity contribution in [3.63, 3.8) is 0 Å². The summed E-state index contributed by atoms with van der Waals surface area (Å²) in [6.07, 6.45) is -2.03. The Labute approximate surface area is 213 Å². The quantitative estimate of drug-likeness (QED) is 0.313. The molecule has 0 spiro atoms. The predicted molar refractivity (Wildman–Crippen MR) is 134 cm³/mol. The van der Waals surface area contributed by atoms with Gasteiger partial charge in [0.15, 0.2) is 11.5 Å². The maximum absolute atomic E-state index is 13.6. The Morgan fingerprint density at radius 3 is 2.42 bits per heavy atom. The molecule has 0 aliphatic carbocycles. The summed E-state index contributed by atoms with van der Waals surface area (Å²) in [4.78, 5) is 43.2. The normalized spacial score (nSPS) is 12.2. The minimum atomic E-state index is -5.08. The molecule has 0 aliphatic heterocycles. The zero-order valence-electron chi connectivity index (χ0n) is 20.4. The van der Waals surface area contributed by atoms with E-state index in [4.69, 9.17) is 14.9 Å². The molecular formula is C25H22F3N7O3. The number of hydrogen-bond donors (Lipinski definition) is 3. The zero-order chi connectivity index (χ0) is 27.6. The van der Waals surface area contributed by atoms with Crippen LogP contribution in [0.2, 0.25) is 0 Å². The number of imidazole rings is 1. The van der Waals surface area contributed by atoms with Crippen molar-refractivity contribution in [1.29, 1.82) is 0 Å². The molecule has 4 aromatic heterocycles. The third-order valence-electron chi connectivity index (χ3n) is 5.64. The lowest BCUT2D eigenvalue weighted by Gasteiger charge is -2.19. The van der Waals surface area contributed by atoms with Crippen LogP contribution >= 0.6 is 0 Å². The second kappa shape index (κ2) is 10.3. The third kappa shape index (κ3) is 5.31. The maximum atomic E-state index is 13.6. The molecule has 5 aromatic rings. The van der Waals surface area contributed by atoms with Crippen LogP contribution in [-0.2, 0) is 4.79 Å². The van der Waals surface area contributed by atoms with E-state index in [0.29, 0.717) is 33.9 Å². The number of rotatable bonds is 4. The highest BCUT2D eigenvalue weighted by molar-refractivity contribution is 5.82. The van der Waals surface area contributed by atoms with Gasteiger partial charge in [-0.3, -0.25) is 9.20 Å². The van der Waals surface area contributed by atoms with Crippen molar-refractivity contribution in [2.75, 3.05) is 5.32 Å². The topological polar surface area (TPSA) is 138 Å². The van der Waals surface area contributed by atoms with Crippen LogP contribution in [0.15, 0.2) is 59.9 Å². The lowest BCUT2D eigenvalue weighted by Crippen LogP contribution is -2.24. The molecule has 0 saturated carbocycles. The first-order valence-corrected chi connectivity index (χ1v) is 11.3. The highest BCUT2D eigenvalue weighted by Crippen LogP contribution is 2.28. The van der Waals surface area contributed by atoms with E-state index in [-0.39, 0.29) is 11.6 Å². The molecule has 3 N–H and O–H groups in total. The molecule has 196 valence electrons. The highest BCUT2D eigenvalue weighted by atomic mass is 19.4. The van der Waals surface area contributed by atoms with Gasteiger partial charge in [-0.05, 0) is 38.5 Å². The van der Waals surface area contributed by atoms with Crippen LogP contribution in [0.1, 0.15) is 29.9 Å². The molecule has 4 heterocycles. The average Bonchev–Trinajstić information content (AvgIpc) is 3.34. The Morgan fingerprint density at radius 1 is 1.08 bits per heavy atom. The number of benzene rings is 1. The minimum Gasteiger partial charge on any atom is -0.475 e. The van der Waals surface area contributed by atoms with Crippen molar-refractivity contribution in [1.82, 2.24) is 29.3 Å². The largest absolute Gasteiger partial charge is 0.490 e. The number of carboxylic acids is 1. The van der Waals surface area contributed by atoms with Gasteiger partial charge < -0.3 is 15.4 Å². The van der Waals surface area contributed by atoms with Gasteiger partial charge in [0, 0.05) is 5.69 Å². The Morgan fingerprint density at radius 2 is 1.76 bits per heavy atom. The molecule has 0 saturated heterocycles. The number of anilines is 1. The summed E-state index contributed by atoms with van der Waals surface area (Å²) >= 11 is 0. The number of aryl methyl sites for hydroxylation is 2. The summed E-state index contributed by atoms with van der Waals surface area (Å²) in [7, 11) is 0. The number of fused-ring (bicyclic) bond motifs is 2. The van der Waals surface area contributed by atoms with Crippen LogP contribution in [0.5, 0.6) is 0 Å². The number of nitrogens with zero attached hydrogens (tertiary/aromatic N) is 5. The van der Waals surface area contributed by atoms with E-state index < -0.39 is 12.1 Å². The Balaban J connectivity index is 0.000000426. The van der Waals surface area contributed by atoms with Gasteiger partial charge in [0.2, 0.25) is 0 Å². The van der Waals surface area contributed by atoms with Crippen LogP contribution in [0.4, 0.5) is 19.0 Å². The SMILES string of the molecule is Cc1ccc(-c2c(C(C)Nc3ncnc4[nH]cnc34)nc3cccc(C)n3c2=O)cc1.O=C(O)C(F)(F)F. The molecule has 38 heavy (non-hydrogen) atoms. The number of alkyl halides is 3. The second-order valence-corrected chi connectivity index (χ2v) is 8.39. The molecule has 5 rings (SSSR count). The molecule has 1 atom stereocenters. The molecule has 13 heteroatoms. The lowest BCUT2D eigenvalue weighted by atomic mass is 10.00. The molecular weight excluding hydrogens is 503 g/mol. The fraction of sp³-hybridized carbons (Fsp3) is 0.200. The first kappa shape index (κ1) is 26.3. The van der Waals surface area contributed by atoms with Crippen molar-refractivity contribution in [3.8, 4) is 11.1 Å². The molecule has 1 unspecified atom stereocenters. The van der Waals surface area contributed by atoms with E-state index in [1.165, 1.54) is 6.33 Å². The monoisotopic (exact) mass is 525 g/mol. The van der Waals surface area contributed by atoms with Gasteiger partial charge in [-0.1, -0.05) is 35.9 Å². The Hall–Kier alpha value is -4.81. The lowest BCUT2D eigenvalue weighted by molar-refractivity contribution is -0.192.